The highest BCUT2D eigenvalue weighted by molar-refractivity contribution is 5.71. The lowest BCUT2D eigenvalue weighted by atomic mass is 10.0. The van der Waals surface area contributed by atoms with Gasteiger partial charge >= 0.3 is 17.9 Å². The van der Waals surface area contributed by atoms with Crippen molar-refractivity contribution in [1.29, 1.82) is 0 Å². The molecule has 0 aliphatic heterocycles. The largest absolute Gasteiger partial charge is 0.462 e. The summed E-state index contributed by atoms with van der Waals surface area (Å²) in [6.07, 6.45) is 61.0. The van der Waals surface area contributed by atoms with Crippen LogP contribution in [0, 0.1) is 5.92 Å². The number of esters is 3. The van der Waals surface area contributed by atoms with Gasteiger partial charge in [-0.3, -0.25) is 14.4 Å². The lowest BCUT2D eigenvalue weighted by Crippen LogP contribution is -2.30. The Morgan fingerprint density at radius 1 is 0.284 bits per heavy atom. The maximum Gasteiger partial charge on any atom is 0.306 e. The molecule has 0 amide bonds. The minimum absolute atomic E-state index is 0.0616. The Bertz CT molecular complexity index is 1010. The van der Waals surface area contributed by atoms with Crippen LogP contribution in [0.5, 0.6) is 0 Å². The van der Waals surface area contributed by atoms with E-state index in [1.807, 2.05) is 0 Å². The van der Waals surface area contributed by atoms with E-state index < -0.39 is 6.10 Å². The van der Waals surface area contributed by atoms with Gasteiger partial charge in [-0.25, -0.2) is 0 Å². The Balaban J connectivity index is 4.27. The van der Waals surface area contributed by atoms with Crippen LogP contribution in [-0.4, -0.2) is 37.2 Å². The number of hydrogen-bond donors (Lipinski definition) is 0. The molecule has 0 saturated heterocycles. The SMILES string of the molecule is CCCCCCCCCCCCCCCCCCCCCC(=O)OC[C@H](COC(=O)CCCCCCCCCCCCCCCCC)OC(=O)CCCCCCCCCCCCCCC(C)C. The molecule has 0 N–H and O–H groups in total. The van der Waals surface area contributed by atoms with Gasteiger partial charge in [0, 0.05) is 19.3 Å². The molecule has 6 heteroatoms. The molecule has 6 nitrogen and oxygen atoms in total. The molecule has 0 heterocycles. The lowest BCUT2D eigenvalue weighted by Gasteiger charge is -2.18. The maximum absolute atomic E-state index is 12.9. The zero-order valence-electron chi connectivity index (χ0n) is 45.9. The predicted molar refractivity (Wildman–Crippen MR) is 289 cm³/mol. The molecule has 0 rings (SSSR count). The van der Waals surface area contributed by atoms with Crippen molar-refractivity contribution in [3.05, 3.63) is 0 Å². The third kappa shape index (κ3) is 55.2. The fourth-order valence-electron chi connectivity index (χ4n) is 9.46. The van der Waals surface area contributed by atoms with Gasteiger partial charge in [-0.1, -0.05) is 310 Å². The molecule has 0 unspecified atom stereocenters. The second-order valence-electron chi connectivity index (χ2n) is 21.5. The van der Waals surface area contributed by atoms with Crippen LogP contribution in [-0.2, 0) is 28.6 Å². The average molecular weight is 948 g/mol. The van der Waals surface area contributed by atoms with Crippen molar-refractivity contribution in [3.8, 4) is 0 Å². The summed E-state index contributed by atoms with van der Waals surface area (Å²) in [7, 11) is 0. The van der Waals surface area contributed by atoms with Crippen molar-refractivity contribution >= 4 is 17.9 Å². The minimum Gasteiger partial charge on any atom is -0.462 e. The first-order valence-electron chi connectivity index (χ1n) is 30.4. The monoisotopic (exact) mass is 947 g/mol. The van der Waals surface area contributed by atoms with Gasteiger partial charge in [0.1, 0.15) is 13.2 Å². The first-order chi connectivity index (χ1) is 32.9. The van der Waals surface area contributed by atoms with Gasteiger partial charge in [0.15, 0.2) is 6.10 Å². The van der Waals surface area contributed by atoms with Gasteiger partial charge in [-0.15, -0.1) is 0 Å². The van der Waals surface area contributed by atoms with Crippen molar-refractivity contribution in [2.45, 2.75) is 355 Å². The van der Waals surface area contributed by atoms with Crippen LogP contribution >= 0.6 is 0 Å². The normalized spacial score (nSPS) is 12.0. The second kappa shape index (κ2) is 55.3. The topological polar surface area (TPSA) is 78.9 Å². The van der Waals surface area contributed by atoms with Crippen molar-refractivity contribution in [2.75, 3.05) is 13.2 Å². The number of rotatable bonds is 56. The van der Waals surface area contributed by atoms with Crippen molar-refractivity contribution in [2.24, 2.45) is 5.92 Å². The van der Waals surface area contributed by atoms with E-state index in [4.69, 9.17) is 14.2 Å². The van der Waals surface area contributed by atoms with E-state index in [1.54, 1.807) is 0 Å². The summed E-state index contributed by atoms with van der Waals surface area (Å²) in [6, 6.07) is 0. The van der Waals surface area contributed by atoms with Gasteiger partial charge in [-0.05, 0) is 25.2 Å². The molecule has 1 atom stereocenters. The summed E-state index contributed by atoms with van der Waals surface area (Å²) < 4.78 is 16.9. The zero-order valence-corrected chi connectivity index (χ0v) is 45.9. The van der Waals surface area contributed by atoms with Crippen LogP contribution < -0.4 is 0 Å². The molecule has 0 aromatic rings. The molecule has 0 aliphatic carbocycles. The van der Waals surface area contributed by atoms with Crippen LogP contribution in [0.1, 0.15) is 349 Å². The first-order valence-corrected chi connectivity index (χ1v) is 30.4. The van der Waals surface area contributed by atoms with E-state index in [0.717, 1.165) is 63.7 Å². The standard InChI is InChI=1S/C61H118O6/c1-5-7-9-11-13-15-17-19-21-22-23-24-26-28-33-37-41-45-49-53-60(63)66-56-58(67-61(64)54-50-46-42-38-34-30-29-31-35-39-43-47-51-57(3)4)55-65-59(62)52-48-44-40-36-32-27-25-20-18-16-14-12-10-8-6-2/h57-58H,5-56H2,1-4H3/t58-/m0/s1. The molecular weight excluding hydrogens is 829 g/mol. The maximum atomic E-state index is 12.9. The average Bonchev–Trinajstić information content (AvgIpc) is 3.31. The second-order valence-corrected chi connectivity index (χ2v) is 21.5. The van der Waals surface area contributed by atoms with Crippen LogP contribution in [0.4, 0.5) is 0 Å². The van der Waals surface area contributed by atoms with Crippen LogP contribution in [0.25, 0.3) is 0 Å². The van der Waals surface area contributed by atoms with E-state index >= 15 is 0 Å². The third-order valence-electron chi connectivity index (χ3n) is 14.0. The summed E-state index contributed by atoms with van der Waals surface area (Å²) in [5.41, 5.74) is 0. The summed E-state index contributed by atoms with van der Waals surface area (Å²) in [4.78, 5) is 38.2. The van der Waals surface area contributed by atoms with Crippen LogP contribution in [0.15, 0.2) is 0 Å². The highest BCUT2D eigenvalue weighted by atomic mass is 16.6. The number of carbonyl (C=O) groups is 3. The lowest BCUT2D eigenvalue weighted by molar-refractivity contribution is -0.167. The molecule has 0 aromatic heterocycles. The fourth-order valence-corrected chi connectivity index (χ4v) is 9.46. The number of carbonyl (C=O) groups excluding carboxylic acids is 3. The van der Waals surface area contributed by atoms with Crippen molar-refractivity contribution in [1.82, 2.24) is 0 Å². The number of unbranched alkanes of at least 4 members (excludes halogenated alkanes) is 43. The van der Waals surface area contributed by atoms with E-state index in [2.05, 4.69) is 27.7 Å². The third-order valence-corrected chi connectivity index (χ3v) is 14.0. The Hall–Kier alpha value is -1.59. The van der Waals surface area contributed by atoms with E-state index in [1.165, 1.54) is 244 Å². The fraction of sp³-hybridized carbons (Fsp3) is 0.951. The van der Waals surface area contributed by atoms with Gasteiger partial charge in [0.2, 0.25) is 0 Å². The smallest absolute Gasteiger partial charge is 0.306 e. The Morgan fingerprint density at radius 2 is 0.493 bits per heavy atom. The Morgan fingerprint density at radius 3 is 0.731 bits per heavy atom. The van der Waals surface area contributed by atoms with Crippen LogP contribution in [0.3, 0.4) is 0 Å². The van der Waals surface area contributed by atoms with E-state index in [9.17, 15) is 14.4 Å². The molecule has 0 spiro atoms. The molecular formula is C61H118O6. The minimum atomic E-state index is -0.762. The zero-order chi connectivity index (χ0) is 48.8. The Labute approximate surface area is 418 Å². The summed E-state index contributed by atoms with van der Waals surface area (Å²) in [5.74, 6) is -0.00000129. The molecule has 0 aromatic carbocycles. The van der Waals surface area contributed by atoms with E-state index in [-0.39, 0.29) is 31.1 Å². The first kappa shape index (κ1) is 65.4. The molecule has 0 saturated carbocycles. The van der Waals surface area contributed by atoms with Gasteiger partial charge in [0.05, 0.1) is 0 Å². The molecule has 0 fully saturated rings. The molecule has 0 aliphatic rings. The summed E-state index contributed by atoms with van der Waals surface area (Å²) in [5, 5.41) is 0. The van der Waals surface area contributed by atoms with Gasteiger partial charge in [-0.2, -0.15) is 0 Å². The number of hydrogen-bond acceptors (Lipinski definition) is 6. The molecule has 0 radical (unpaired) electrons. The molecule has 398 valence electrons. The highest BCUT2D eigenvalue weighted by Gasteiger charge is 2.19. The van der Waals surface area contributed by atoms with E-state index in [0.29, 0.717) is 19.3 Å². The quantitative estimate of drug-likeness (QED) is 0.0343. The summed E-state index contributed by atoms with van der Waals surface area (Å²) in [6.45, 7) is 9.07. The van der Waals surface area contributed by atoms with Crippen molar-refractivity contribution in [3.63, 3.8) is 0 Å². The summed E-state index contributed by atoms with van der Waals surface area (Å²) >= 11 is 0. The highest BCUT2D eigenvalue weighted by Crippen LogP contribution is 2.18. The van der Waals surface area contributed by atoms with Gasteiger partial charge in [0.25, 0.3) is 0 Å². The number of ether oxygens (including phenoxy) is 3. The molecule has 0 bridgehead atoms. The van der Waals surface area contributed by atoms with Crippen LogP contribution in [0.2, 0.25) is 0 Å². The van der Waals surface area contributed by atoms with Gasteiger partial charge < -0.3 is 14.2 Å². The molecule has 67 heavy (non-hydrogen) atoms. The Kier molecular flexibility index (Phi) is 54.0. The van der Waals surface area contributed by atoms with Crippen molar-refractivity contribution < 1.29 is 28.6 Å². The predicted octanol–water partition coefficient (Wildman–Crippen LogP) is 20.2.